The van der Waals surface area contributed by atoms with Gasteiger partial charge in [-0.25, -0.2) is 0 Å². The van der Waals surface area contributed by atoms with Gasteiger partial charge in [0.2, 0.25) is 0 Å². The molecule has 0 fully saturated rings. The molecule has 0 aliphatic heterocycles. The number of hydrogen-bond donors (Lipinski definition) is 2. The molecule has 0 heterocycles. The molecule has 4 N–H and O–H groups in total. The summed E-state index contributed by atoms with van der Waals surface area (Å²) in [6.07, 6.45) is 0. The van der Waals surface area contributed by atoms with Crippen LogP contribution in [0.4, 0.5) is 5.69 Å². The van der Waals surface area contributed by atoms with Crippen molar-refractivity contribution in [2.75, 3.05) is 12.3 Å². The average molecular weight is 191 g/mol. The van der Waals surface area contributed by atoms with Crippen LogP contribution in [0, 0.1) is 11.3 Å². The lowest BCUT2D eigenvalue weighted by Gasteiger charge is -2.10. The second kappa shape index (κ2) is 4.49. The second-order valence-corrected chi connectivity index (χ2v) is 3.12. The summed E-state index contributed by atoms with van der Waals surface area (Å²) >= 11 is 0. The zero-order chi connectivity index (χ0) is 10.6. The zero-order valence-corrected chi connectivity index (χ0v) is 8.03. The summed E-state index contributed by atoms with van der Waals surface area (Å²) in [4.78, 5) is 0. The van der Waals surface area contributed by atoms with Gasteiger partial charge in [-0.15, -0.1) is 0 Å². The summed E-state index contributed by atoms with van der Waals surface area (Å²) < 4.78 is 5.34. The maximum absolute atomic E-state index is 8.82. The summed E-state index contributed by atoms with van der Waals surface area (Å²) in [5.41, 5.74) is 11.9. The van der Waals surface area contributed by atoms with Crippen LogP contribution in [0.5, 0.6) is 5.75 Å². The molecule has 0 radical (unpaired) electrons. The maximum Gasteiger partial charge on any atom is 0.139 e. The van der Waals surface area contributed by atoms with E-state index < -0.39 is 0 Å². The number of rotatable bonds is 3. The first-order chi connectivity index (χ1) is 6.65. The molecular formula is C10H13N3O. The molecule has 1 aromatic rings. The van der Waals surface area contributed by atoms with Gasteiger partial charge in [0.05, 0.1) is 5.69 Å². The predicted molar refractivity (Wildman–Crippen MR) is 54.7 cm³/mol. The van der Waals surface area contributed by atoms with Crippen molar-refractivity contribution in [3.8, 4) is 11.8 Å². The molecule has 1 unspecified atom stereocenters. The summed E-state index contributed by atoms with van der Waals surface area (Å²) in [6, 6.07) is 7.04. The fourth-order valence-electron chi connectivity index (χ4n) is 1.01. The second-order valence-electron chi connectivity index (χ2n) is 3.12. The Balaban J connectivity index is 2.87. The van der Waals surface area contributed by atoms with E-state index in [2.05, 4.69) is 0 Å². The Morgan fingerprint density at radius 3 is 2.86 bits per heavy atom. The van der Waals surface area contributed by atoms with Crippen LogP contribution in [0.1, 0.15) is 12.5 Å². The highest BCUT2D eigenvalue weighted by Gasteiger charge is 2.06. The molecule has 14 heavy (non-hydrogen) atoms. The minimum atomic E-state index is -0.0667. The van der Waals surface area contributed by atoms with Crippen molar-refractivity contribution < 1.29 is 4.74 Å². The normalized spacial score (nSPS) is 11.8. The van der Waals surface area contributed by atoms with E-state index in [0.29, 0.717) is 23.6 Å². The Morgan fingerprint density at radius 2 is 2.29 bits per heavy atom. The lowest BCUT2D eigenvalue weighted by Crippen LogP contribution is -2.23. The van der Waals surface area contributed by atoms with Crippen molar-refractivity contribution in [1.29, 1.82) is 5.26 Å². The summed E-state index contributed by atoms with van der Waals surface area (Å²) in [5.74, 6) is 0.491. The van der Waals surface area contributed by atoms with Gasteiger partial charge in [0.1, 0.15) is 24.0 Å². The molecule has 0 aromatic heterocycles. The Labute approximate surface area is 83.1 Å². The van der Waals surface area contributed by atoms with Gasteiger partial charge in [0.25, 0.3) is 0 Å². The number of nitrogen functional groups attached to an aromatic ring is 1. The van der Waals surface area contributed by atoms with Gasteiger partial charge in [0, 0.05) is 6.04 Å². The van der Waals surface area contributed by atoms with Crippen molar-refractivity contribution >= 4 is 5.69 Å². The quantitative estimate of drug-likeness (QED) is 0.694. The van der Waals surface area contributed by atoms with Crippen LogP contribution < -0.4 is 16.2 Å². The van der Waals surface area contributed by atoms with Crippen LogP contribution in [-0.4, -0.2) is 12.6 Å². The molecule has 1 atom stereocenters. The first kappa shape index (κ1) is 10.4. The SMILES string of the molecule is CC(N)COc1cccc(N)c1C#N. The molecule has 0 amide bonds. The van der Waals surface area contributed by atoms with Crippen LogP contribution in [0.25, 0.3) is 0 Å². The van der Waals surface area contributed by atoms with E-state index in [4.69, 9.17) is 21.5 Å². The number of hydrogen-bond acceptors (Lipinski definition) is 4. The smallest absolute Gasteiger partial charge is 0.139 e. The molecule has 4 nitrogen and oxygen atoms in total. The highest BCUT2D eigenvalue weighted by molar-refractivity contribution is 5.60. The standard InChI is InChI=1S/C10H13N3O/c1-7(12)6-14-10-4-2-3-9(13)8(10)5-11/h2-4,7H,6,12-13H2,1H3. The monoisotopic (exact) mass is 191 g/mol. The van der Waals surface area contributed by atoms with E-state index in [1.165, 1.54) is 0 Å². The van der Waals surface area contributed by atoms with E-state index in [1.54, 1.807) is 18.2 Å². The van der Waals surface area contributed by atoms with Gasteiger partial charge in [-0.05, 0) is 19.1 Å². The van der Waals surface area contributed by atoms with E-state index >= 15 is 0 Å². The third kappa shape index (κ3) is 2.38. The van der Waals surface area contributed by atoms with Crippen LogP contribution in [0.15, 0.2) is 18.2 Å². The van der Waals surface area contributed by atoms with Crippen LogP contribution in [0.3, 0.4) is 0 Å². The van der Waals surface area contributed by atoms with E-state index in [0.717, 1.165) is 0 Å². The number of benzene rings is 1. The fourth-order valence-corrected chi connectivity index (χ4v) is 1.01. The number of nitrogens with zero attached hydrogens (tertiary/aromatic N) is 1. The first-order valence-corrected chi connectivity index (χ1v) is 4.32. The van der Waals surface area contributed by atoms with Crippen molar-refractivity contribution in [3.05, 3.63) is 23.8 Å². The largest absolute Gasteiger partial charge is 0.491 e. The average Bonchev–Trinajstić information content (AvgIpc) is 2.14. The van der Waals surface area contributed by atoms with Gasteiger partial charge in [-0.3, -0.25) is 0 Å². The molecule has 0 spiro atoms. The van der Waals surface area contributed by atoms with Crippen LogP contribution >= 0.6 is 0 Å². The van der Waals surface area contributed by atoms with Gasteiger partial charge < -0.3 is 16.2 Å². The topological polar surface area (TPSA) is 85.1 Å². The molecule has 4 heteroatoms. The lowest BCUT2D eigenvalue weighted by atomic mass is 10.2. The number of anilines is 1. The Hall–Kier alpha value is -1.73. The molecule has 0 aliphatic rings. The molecule has 0 bridgehead atoms. The molecule has 0 saturated heterocycles. The third-order valence-corrected chi connectivity index (χ3v) is 1.67. The molecule has 1 rings (SSSR count). The van der Waals surface area contributed by atoms with Crippen molar-refractivity contribution in [2.24, 2.45) is 5.73 Å². The van der Waals surface area contributed by atoms with Gasteiger partial charge >= 0.3 is 0 Å². The molecule has 74 valence electrons. The maximum atomic E-state index is 8.82. The Bertz CT molecular complexity index is 355. The van der Waals surface area contributed by atoms with Crippen molar-refractivity contribution in [2.45, 2.75) is 13.0 Å². The van der Waals surface area contributed by atoms with Crippen LogP contribution in [-0.2, 0) is 0 Å². The number of nitriles is 1. The molecule has 0 saturated carbocycles. The van der Waals surface area contributed by atoms with E-state index in [1.807, 2.05) is 13.0 Å². The van der Waals surface area contributed by atoms with Crippen LogP contribution in [0.2, 0.25) is 0 Å². The summed E-state index contributed by atoms with van der Waals surface area (Å²) in [6.45, 7) is 2.20. The summed E-state index contributed by atoms with van der Waals surface area (Å²) in [5, 5.41) is 8.82. The minimum Gasteiger partial charge on any atom is -0.491 e. The van der Waals surface area contributed by atoms with Crippen molar-refractivity contribution in [1.82, 2.24) is 0 Å². The molecular weight excluding hydrogens is 178 g/mol. The van der Waals surface area contributed by atoms with E-state index in [-0.39, 0.29) is 6.04 Å². The third-order valence-electron chi connectivity index (χ3n) is 1.67. The Kier molecular flexibility index (Phi) is 3.32. The minimum absolute atomic E-state index is 0.0667. The van der Waals surface area contributed by atoms with Crippen molar-refractivity contribution in [3.63, 3.8) is 0 Å². The highest BCUT2D eigenvalue weighted by atomic mass is 16.5. The van der Waals surface area contributed by atoms with Gasteiger partial charge in [-0.2, -0.15) is 5.26 Å². The Morgan fingerprint density at radius 1 is 1.57 bits per heavy atom. The van der Waals surface area contributed by atoms with Gasteiger partial charge in [-0.1, -0.05) is 6.07 Å². The number of nitrogens with two attached hydrogens (primary N) is 2. The first-order valence-electron chi connectivity index (χ1n) is 4.32. The fraction of sp³-hybridized carbons (Fsp3) is 0.300. The lowest BCUT2D eigenvalue weighted by molar-refractivity contribution is 0.295. The zero-order valence-electron chi connectivity index (χ0n) is 8.03. The molecule has 1 aromatic carbocycles. The predicted octanol–water partition coefficient (Wildman–Crippen LogP) is 0.866. The van der Waals surface area contributed by atoms with Gasteiger partial charge in [0.15, 0.2) is 0 Å². The van der Waals surface area contributed by atoms with E-state index in [9.17, 15) is 0 Å². The number of ether oxygens (including phenoxy) is 1. The highest BCUT2D eigenvalue weighted by Crippen LogP contribution is 2.22. The summed E-state index contributed by atoms with van der Waals surface area (Å²) in [7, 11) is 0. The molecule has 0 aliphatic carbocycles.